The summed E-state index contributed by atoms with van der Waals surface area (Å²) in [6, 6.07) is 3.16. The van der Waals surface area contributed by atoms with Gasteiger partial charge >= 0.3 is 0 Å². The summed E-state index contributed by atoms with van der Waals surface area (Å²) in [6.07, 6.45) is -0.438. The van der Waals surface area contributed by atoms with E-state index in [-0.39, 0.29) is 5.56 Å². The van der Waals surface area contributed by atoms with Gasteiger partial charge in [-0.05, 0) is 30.0 Å². The first-order valence-corrected chi connectivity index (χ1v) is 7.27. The summed E-state index contributed by atoms with van der Waals surface area (Å²) in [5.74, 6) is -0.824. The minimum atomic E-state index is -0.868. The van der Waals surface area contributed by atoms with Crippen molar-refractivity contribution in [2.24, 2.45) is 5.92 Å². The molecule has 1 unspecified atom stereocenters. The van der Waals surface area contributed by atoms with Crippen LogP contribution in [-0.4, -0.2) is 43.4 Å². The Balaban J connectivity index is 2.56. The molecule has 0 heterocycles. The van der Waals surface area contributed by atoms with Crippen LogP contribution in [0.4, 0.5) is 8.78 Å². The first-order chi connectivity index (χ1) is 9.92. The summed E-state index contributed by atoms with van der Waals surface area (Å²) < 4.78 is 31.4. The van der Waals surface area contributed by atoms with E-state index in [9.17, 15) is 13.9 Å². The lowest BCUT2D eigenvalue weighted by atomic mass is 10.1. The van der Waals surface area contributed by atoms with Crippen molar-refractivity contribution in [2.75, 3.05) is 33.4 Å². The fourth-order valence-electron chi connectivity index (χ4n) is 2.27. The Morgan fingerprint density at radius 2 is 1.76 bits per heavy atom. The van der Waals surface area contributed by atoms with E-state index in [0.29, 0.717) is 25.5 Å². The molecule has 0 saturated heterocycles. The van der Waals surface area contributed by atoms with Gasteiger partial charge in [-0.15, -0.1) is 0 Å². The Kier molecular flexibility index (Phi) is 7.78. The maximum atomic E-state index is 13.1. The fraction of sp³-hybridized carbons (Fsp3) is 0.625. The highest BCUT2D eigenvalue weighted by atomic mass is 19.1. The largest absolute Gasteiger partial charge is 0.388 e. The average molecular weight is 301 g/mol. The molecular formula is C16H25F2NO2. The Hall–Kier alpha value is -1.04. The molecule has 1 rings (SSSR count). The van der Waals surface area contributed by atoms with Gasteiger partial charge in [0.25, 0.3) is 0 Å². The predicted molar refractivity (Wildman–Crippen MR) is 79.1 cm³/mol. The van der Waals surface area contributed by atoms with Crippen molar-refractivity contribution in [1.29, 1.82) is 0 Å². The smallest absolute Gasteiger partial charge is 0.126 e. The molecule has 120 valence electrons. The molecular weight excluding hydrogens is 276 g/mol. The molecule has 1 atom stereocenters. The minimum absolute atomic E-state index is 0.281. The second-order valence-electron chi connectivity index (χ2n) is 5.69. The number of halogens is 2. The summed E-state index contributed by atoms with van der Waals surface area (Å²) in [6.45, 7) is 7.20. The van der Waals surface area contributed by atoms with Crippen LogP contribution in [0.25, 0.3) is 0 Å². The van der Waals surface area contributed by atoms with Crippen LogP contribution >= 0.6 is 0 Å². The van der Waals surface area contributed by atoms with Crippen molar-refractivity contribution < 1.29 is 18.6 Å². The summed E-state index contributed by atoms with van der Waals surface area (Å²) in [5.41, 5.74) is 0.281. The van der Waals surface area contributed by atoms with Crippen molar-refractivity contribution in [3.05, 3.63) is 35.4 Å². The van der Waals surface area contributed by atoms with E-state index >= 15 is 0 Å². The summed E-state index contributed by atoms with van der Waals surface area (Å²) in [5, 5.41) is 10.1. The second-order valence-corrected chi connectivity index (χ2v) is 5.69. The molecule has 0 amide bonds. The summed E-state index contributed by atoms with van der Waals surface area (Å²) >= 11 is 0. The van der Waals surface area contributed by atoms with E-state index in [1.165, 1.54) is 12.1 Å². The number of nitrogens with zero attached hydrogens (tertiary/aromatic N) is 1. The molecule has 5 heteroatoms. The number of aliphatic hydroxyl groups excluding tert-OH is 1. The third kappa shape index (κ3) is 6.98. The molecule has 0 aliphatic carbocycles. The molecule has 1 aromatic rings. The highest BCUT2D eigenvalue weighted by molar-refractivity contribution is 5.20. The van der Waals surface area contributed by atoms with Crippen LogP contribution in [-0.2, 0) is 4.74 Å². The topological polar surface area (TPSA) is 32.7 Å². The zero-order valence-electron chi connectivity index (χ0n) is 13.0. The van der Waals surface area contributed by atoms with Gasteiger partial charge in [0.15, 0.2) is 0 Å². The molecule has 0 saturated carbocycles. The van der Waals surface area contributed by atoms with Crippen LogP contribution in [0.2, 0.25) is 0 Å². The SMILES string of the molecule is COCCN(CCC(O)c1cc(F)cc(F)c1)CC(C)C. The van der Waals surface area contributed by atoms with E-state index in [4.69, 9.17) is 4.74 Å². The van der Waals surface area contributed by atoms with Crippen molar-refractivity contribution in [3.63, 3.8) is 0 Å². The Morgan fingerprint density at radius 1 is 1.14 bits per heavy atom. The standard InChI is InChI=1S/C16H25F2NO2/c1-12(2)11-19(6-7-21-3)5-4-16(20)13-8-14(17)10-15(18)9-13/h8-10,12,16,20H,4-7,11H2,1-3H3. The molecule has 0 aliphatic rings. The van der Waals surface area contributed by atoms with Crippen molar-refractivity contribution in [2.45, 2.75) is 26.4 Å². The molecule has 0 aliphatic heterocycles. The van der Waals surface area contributed by atoms with Gasteiger partial charge in [-0.1, -0.05) is 13.8 Å². The highest BCUT2D eigenvalue weighted by Crippen LogP contribution is 2.19. The van der Waals surface area contributed by atoms with Gasteiger partial charge in [-0.3, -0.25) is 0 Å². The third-order valence-electron chi connectivity index (χ3n) is 3.22. The monoisotopic (exact) mass is 301 g/mol. The van der Waals surface area contributed by atoms with Crippen LogP contribution in [0.5, 0.6) is 0 Å². The number of hydrogen-bond acceptors (Lipinski definition) is 3. The predicted octanol–water partition coefficient (Wildman–Crippen LogP) is 2.99. The lowest BCUT2D eigenvalue weighted by molar-refractivity contribution is 0.111. The molecule has 1 N–H and O–H groups in total. The van der Waals surface area contributed by atoms with E-state index in [1.54, 1.807) is 7.11 Å². The van der Waals surface area contributed by atoms with E-state index in [0.717, 1.165) is 19.2 Å². The maximum absolute atomic E-state index is 13.1. The van der Waals surface area contributed by atoms with Gasteiger partial charge < -0.3 is 14.7 Å². The van der Waals surface area contributed by atoms with Gasteiger partial charge in [0, 0.05) is 32.8 Å². The van der Waals surface area contributed by atoms with Crippen molar-refractivity contribution in [1.82, 2.24) is 4.90 Å². The van der Waals surface area contributed by atoms with E-state index in [2.05, 4.69) is 18.7 Å². The third-order valence-corrected chi connectivity index (χ3v) is 3.22. The highest BCUT2D eigenvalue weighted by Gasteiger charge is 2.14. The molecule has 3 nitrogen and oxygen atoms in total. The number of methoxy groups -OCH3 is 1. The van der Waals surface area contributed by atoms with Crippen molar-refractivity contribution in [3.8, 4) is 0 Å². The Morgan fingerprint density at radius 3 is 2.29 bits per heavy atom. The van der Waals surface area contributed by atoms with Crippen LogP contribution in [0.15, 0.2) is 18.2 Å². The zero-order chi connectivity index (χ0) is 15.8. The average Bonchev–Trinajstić information content (AvgIpc) is 2.39. The van der Waals surface area contributed by atoms with Gasteiger partial charge in [0.2, 0.25) is 0 Å². The quantitative estimate of drug-likeness (QED) is 0.761. The molecule has 21 heavy (non-hydrogen) atoms. The number of benzene rings is 1. The number of aliphatic hydroxyl groups is 1. The first kappa shape index (κ1) is 18.0. The molecule has 0 radical (unpaired) electrons. The molecule has 1 aromatic carbocycles. The molecule has 0 bridgehead atoms. The van der Waals surface area contributed by atoms with E-state index in [1.807, 2.05) is 0 Å². The van der Waals surface area contributed by atoms with Crippen molar-refractivity contribution >= 4 is 0 Å². The minimum Gasteiger partial charge on any atom is -0.388 e. The van der Waals surface area contributed by atoms with Gasteiger partial charge in [0.05, 0.1) is 12.7 Å². The first-order valence-electron chi connectivity index (χ1n) is 7.27. The number of ether oxygens (including phenoxy) is 1. The Bertz CT molecular complexity index is 406. The number of rotatable bonds is 9. The van der Waals surface area contributed by atoms with Gasteiger partial charge in [-0.25, -0.2) is 8.78 Å². The van der Waals surface area contributed by atoms with Gasteiger partial charge in [-0.2, -0.15) is 0 Å². The molecule has 0 spiro atoms. The van der Waals surface area contributed by atoms with Crippen LogP contribution < -0.4 is 0 Å². The normalized spacial score (nSPS) is 13.1. The van der Waals surface area contributed by atoms with Crippen LogP contribution in [0, 0.1) is 17.6 Å². The second kappa shape index (κ2) is 9.07. The van der Waals surface area contributed by atoms with E-state index < -0.39 is 17.7 Å². The number of hydrogen-bond donors (Lipinski definition) is 1. The van der Waals surface area contributed by atoms with Crippen LogP contribution in [0.3, 0.4) is 0 Å². The fourth-order valence-corrected chi connectivity index (χ4v) is 2.27. The van der Waals surface area contributed by atoms with Crippen LogP contribution in [0.1, 0.15) is 31.9 Å². The lowest BCUT2D eigenvalue weighted by Gasteiger charge is -2.25. The lowest BCUT2D eigenvalue weighted by Crippen LogP contribution is -2.32. The molecule has 0 fully saturated rings. The maximum Gasteiger partial charge on any atom is 0.126 e. The van der Waals surface area contributed by atoms with Gasteiger partial charge in [0.1, 0.15) is 11.6 Å². The summed E-state index contributed by atoms with van der Waals surface area (Å²) in [7, 11) is 1.65. The molecule has 0 aromatic heterocycles. The zero-order valence-corrected chi connectivity index (χ0v) is 13.0. The Labute approximate surface area is 125 Å². The summed E-state index contributed by atoms with van der Waals surface area (Å²) in [4.78, 5) is 2.19.